The molecule has 0 bridgehead atoms. The predicted octanol–water partition coefficient (Wildman–Crippen LogP) is 4.39. The van der Waals surface area contributed by atoms with Crippen LogP contribution < -0.4 is 5.32 Å². The number of hydrogen-bond acceptors (Lipinski definition) is 5. The average molecular weight is 352 g/mol. The summed E-state index contributed by atoms with van der Waals surface area (Å²) in [5, 5.41) is 4.38. The lowest BCUT2D eigenvalue weighted by Gasteiger charge is -2.08. The number of aromatic nitrogens is 5. The molecule has 1 aromatic carbocycles. The highest BCUT2D eigenvalue weighted by Crippen LogP contribution is 2.24. The van der Waals surface area contributed by atoms with E-state index in [0.717, 1.165) is 39.5 Å². The zero-order chi connectivity index (χ0) is 18.2. The van der Waals surface area contributed by atoms with Crippen LogP contribution >= 0.6 is 0 Å². The van der Waals surface area contributed by atoms with Crippen LogP contribution in [0.2, 0.25) is 0 Å². The average Bonchev–Trinajstić information content (AvgIpc) is 3.15. The molecule has 0 saturated heterocycles. The number of benzene rings is 1. The maximum absolute atomic E-state index is 4.75. The Morgan fingerprint density at radius 2 is 1.78 bits per heavy atom. The first kappa shape index (κ1) is 15.5. The fourth-order valence-corrected chi connectivity index (χ4v) is 3.05. The van der Waals surface area contributed by atoms with Crippen molar-refractivity contribution in [3.8, 4) is 11.4 Å². The molecule has 4 aromatic heterocycles. The van der Waals surface area contributed by atoms with Crippen LogP contribution in [0, 0.1) is 6.92 Å². The summed E-state index contributed by atoms with van der Waals surface area (Å²) in [4.78, 5) is 18.0. The summed E-state index contributed by atoms with van der Waals surface area (Å²) >= 11 is 0. The van der Waals surface area contributed by atoms with Gasteiger partial charge in [0.25, 0.3) is 0 Å². The van der Waals surface area contributed by atoms with Crippen LogP contribution in [0.5, 0.6) is 0 Å². The Labute approximate surface area is 155 Å². The third-order valence-corrected chi connectivity index (χ3v) is 4.37. The van der Waals surface area contributed by atoms with Crippen LogP contribution in [0.25, 0.3) is 28.1 Å². The number of imidazole rings is 1. The van der Waals surface area contributed by atoms with Crippen molar-refractivity contribution in [2.24, 2.45) is 0 Å². The Morgan fingerprint density at radius 1 is 0.852 bits per heavy atom. The molecule has 0 saturated carbocycles. The molecule has 4 heterocycles. The quantitative estimate of drug-likeness (QED) is 0.521. The number of aryl methyl sites for hydroxylation is 1. The van der Waals surface area contributed by atoms with Gasteiger partial charge in [0.1, 0.15) is 5.82 Å². The zero-order valence-electron chi connectivity index (χ0n) is 14.7. The van der Waals surface area contributed by atoms with Gasteiger partial charge in [0.2, 0.25) is 5.78 Å². The number of fused-ring (bicyclic) bond motifs is 2. The Morgan fingerprint density at radius 3 is 2.70 bits per heavy atom. The van der Waals surface area contributed by atoms with Gasteiger partial charge in [0.15, 0.2) is 0 Å². The minimum atomic E-state index is 0.665. The molecular formula is C21H16N6. The van der Waals surface area contributed by atoms with Gasteiger partial charge in [-0.25, -0.2) is 9.97 Å². The highest BCUT2D eigenvalue weighted by molar-refractivity contribution is 5.85. The Bertz CT molecular complexity index is 1270. The fraction of sp³-hybridized carbons (Fsp3) is 0.0476. The third kappa shape index (κ3) is 2.97. The minimum absolute atomic E-state index is 0.665. The Hall–Kier alpha value is -3.80. The molecule has 27 heavy (non-hydrogen) atoms. The van der Waals surface area contributed by atoms with E-state index in [9.17, 15) is 0 Å². The second kappa shape index (κ2) is 6.17. The van der Waals surface area contributed by atoms with Crippen molar-refractivity contribution >= 4 is 28.2 Å². The molecule has 0 amide bonds. The summed E-state index contributed by atoms with van der Waals surface area (Å²) in [7, 11) is 0. The smallest absolute Gasteiger partial charge is 0.235 e. The van der Waals surface area contributed by atoms with Gasteiger partial charge in [0, 0.05) is 35.4 Å². The van der Waals surface area contributed by atoms with Gasteiger partial charge in [-0.2, -0.15) is 4.98 Å². The van der Waals surface area contributed by atoms with E-state index >= 15 is 0 Å². The topological polar surface area (TPSA) is 68.0 Å². The first-order valence-electron chi connectivity index (χ1n) is 8.66. The van der Waals surface area contributed by atoms with Crippen molar-refractivity contribution in [2.45, 2.75) is 6.92 Å². The molecule has 0 aliphatic carbocycles. The maximum Gasteiger partial charge on any atom is 0.235 e. The van der Waals surface area contributed by atoms with Crippen LogP contribution in [-0.2, 0) is 0 Å². The summed E-state index contributed by atoms with van der Waals surface area (Å²) in [5.41, 5.74) is 4.62. The van der Waals surface area contributed by atoms with Crippen LogP contribution in [0.1, 0.15) is 5.69 Å². The summed E-state index contributed by atoms with van der Waals surface area (Å²) in [6.07, 6.45) is 5.53. The first-order valence-corrected chi connectivity index (χ1v) is 8.66. The van der Waals surface area contributed by atoms with E-state index < -0.39 is 0 Å². The monoisotopic (exact) mass is 352 g/mol. The SMILES string of the molecule is Cc1cccc(-c2ccc3cc(Nc4ccn5ccnc5n4)ccc3n2)n1. The normalized spacial score (nSPS) is 11.1. The summed E-state index contributed by atoms with van der Waals surface area (Å²) in [6.45, 7) is 1.98. The van der Waals surface area contributed by atoms with Crippen molar-refractivity contribution in [3.63, 3.8) is 0 Å². The highest BCUT2D eigenvalue weighted by Gasteiger charge is 2.05. The standard InChI is InChI=1S/C21H16N6/c1-14-3-2-4-18(23-14)19-7-5-15-13-16(6-8-17(15)25-19)24-20-9-11-27-12-10-22-21(27)26-20/h2-13H,1H3,(H,22,24,26). The van der Waals surface area contributed by atoms with Crippen molar-refractivity contribution < 1.29 is 0 Å². The summed E-state index contributed by atoms with van der Waals surface area (Å²) < 4.78 is 1.87. The lowest BCUT2D eigenvalue weighted by molar-refractivity contribution is 1.11. The predicted molar refractivity (Wildman–Crippen MR) is 106 cm³/mol. The summed E-state index contributed by atoms with van der Waals surface area (Å²) in [6, 6.07) is 18.0. The molecule has 6 heteroatoms. The number of nitrogens with zero attached hydrogens (tertiary/aromatic N) is 5. The molecule has 0 unspecified atom stereocenters. The number of hydrogen-bond donors (Lipinski definition) is 1. The first-order chi connectivity index (χ1) is 13.2. The molecular weight excluding hydrogens is 336 g/mol. The maximum atomic E-state index is 4.75. The molecule has 0 fully saturated rings. The number of nitrogens with one attached hydrogen (secondary N) is 1. The van der Waals surface area contributed by atoms with Crippen molar-refractivity contribution in [2.75, 3.05) is 5.32 Å². The third-order valence-electron chi connectivity index (χ3n) is 4.37. The van der Waals surface area contributed by atoms with E-state index in [4.69, 9.17) is 4.98 Å². The largest absolute Gasteiger partial charge is 0.340 e. The zero-order valence-corrected chi connectivity index (χ0v) is 14.7. The molecule has 6 nitrogen and oxygen atoms in total. The van der Waals surface area contributed by atoms with Gasteiger partial charge in [-0.3, -0.25) is 9.38 Å². The molecule has 0 aliphatic heterocycles. The Kier molecular flexibility index (Phi) is 3.53. The molecule has 5 rings (SSSR count). The van der Waals surface area contributed by atoms with E-state index in [0.29, 0.717) is 5.78 Å². The van der Waals surface area contributed by atoms with E-state index in [1.54, 1.807) is 6.20 Å². The van der Waals surface area contributed by atoms with Gasteiger partial charge in [-0.1, -0.05) is 12.1 Å². The van der Waals surface area contributed by atoms with Gasteiger partial charge in [0.05, 0.1) is 16.9 Å². The number of anilines is 2. The van der Waals surface area contributed by atoms with E-state index in [-0.39, 0.29) is 0 Å². The molecule has 0 atom stereocenters. The van der Waals surface area contributed by atoms with Gasteiger partial charge in [-0.05, 0) is 49.4 Å². The Balaban J connectivity index is 1.47. The molecule has 1 N–H and O–H groups in total. The second-order valence-electron chi connectivity index (χ2n) is 6.34. The van der Waals surface area contributed by atoms with E-state index in [1.165, 1.54) is 0 Å². The van der Waals surface area contributed by atoms with Crippen molar-refractivity contribution in [1.29, 1.82) is 0 Å². The van der Waals surface area contributed by atoms with Gasteiger partial charge in [-0.15, -0.1) is 0 Å². The van der Waals surface area contributed by atoms with E-state index in [2.05, 4.69) is 32.4 Å². The second-order valence-corrected chi connectivity index (χ2v) is 6.34. The van der Waals surface area contributed by atoms with Crippen molar-refractivity contribution in [1.82, 2.24) is 24.3 Å². The number of pyridine rings is 2. The van der Waals surface area contributed by atoms with E-state index in [1.807, 2.05) is 66.2 Å². The van der Waals surface area contributed by atoms with Gasteiger partial charge < -0.3 is 5.32 Å². The van der Waals surface area contributed by atoms with Crippen LogP contribution in [-0.4, -0.2) is 24.3 Å². The molecule has 0 spiro atoms. The number of rotatable bonds is 3. The van der Waals surface area contributed by atoms with Crippen LogP contribution in [0.3, 0.4) is 0 Å². The molecule has 0 radical (unpaired) electrons. The molecule has 130 valence electrons. The van der Waals surface area contributed by atoms with Crippen LogP contribution in [0.4, 0.5) is 11.5 Å². The van der Waals surface area contributed by atoms with Crippen molar-refractivity contribution in [3.05, 3.63) is 78.9 Å². The lowest BCUT2D eigenvalue weighted by Crippen LogP contribution is -1.96. The van der Waals surface area contributed by atoms with Gasteiger partial charge >= 0.3 is 0 Å². The highest BCUT2D eigenvalue weighted by atomic mass is 15.1. The lowest BCUT2D eigenvalue weighted by atomic mass is 10.1. The molecule has 0 aliphatic rings. The fourth-order valence-electron chi connectivity index (χ4n) is 3.05. The minimum Gasteiger partial charge on any atom is -0.340 e. The van der Waals surface area contributed by atoms with Crippen LogP contribution in [0.15, 0.2) is 73.2 Å². The summed E-state index contributed by atoms with van der Waals surface area (Å²) in [5.74, 6) is 1.42. The molecule has 5 aromatic rings.